The minimum absolute atomic E-state index is 0.0149. The van der Waals surface area contributed by atoms with Crippen LogP contribution in [0.15, 0.2) is 24.3 Å². The zero-order valence-corrected chi connectivity index (χ0v) is 13.0. The van der Waals surface area contributed by atoms with E-state index in [2.05, 4.69) is 10.6 Å². The Morgan fingerprint density at radius 3 is 2.23 bits per heavy atom. The van der Waals surface area contributed by atoms with Gasteiger partial charge in [-0.2, -0.15) is 0 Å². The Kier molecular flexibility index (Phi) is 7.67. The topological polar surface area (TPSA) is 84.5 Å². The summed E-state index contributed by atoms with van der Waals surface area (Å²) in [4.78, 5) is 34.0. The van der Waals surface area contributed by atoms with E-state index in [1.165, 1.54) is 6.92 Å². The number of ether oxygens (including phenoxy) is 1. The number of carbonyl (C=O) groups is 3. The molecule has 22 heavy (non-hydrogen) atoms. The number of amides is 2. The number of Topliss-reactive ketones (excluding diaryl/α,β-unsaturated/α-hetero) is 1. The molecule has 0 atom stereocenters. The molecule has 1 aromatic rings. The molecule has 0 saturated heterocycles. The van der Waals surface area contributed by atoms with E-state index in [9.17, 15) is 14.4 Å². The first kappa shape index (κ1) is 17.7. The van der Waals surface area contributed by atoms with Crippen LogP contribution in [-0.4, -0.2) is 37.3 Å². The number of ketones is 1. The van der Waals surface area contributed by atoms with Crippen LogP contribution in [0, 0.1) is 0 Å². The van der Waals surface area contributed by atoms with Crippen LogP contribution in [0.1, 0.15) is 37.0 Å². The average molecular weight is 306 g/mol. The predicted octanol–water partition coefficient (Wildman–Crippen LogP) is 1.30. The van der Waals surface area contributed by atoms with E-state index < -0.39 is 0 Å². The summed E-state index contributed by atoms with van der Waals surface area (Å²) in [5.74, 6) is 0.308. The molecule has 6 heteroatoms. The quantitative estimate of drug-likeness (QED) is 0.674. The van der Waals surface area contributed by atoms with E-state index in [4.69, 9.17) is 4.74 Å². The summed E-state index contributed by atoms with van der Waals surface area (Å²) >= 11 is 0. The molecule has 0 bridgehead atoms. The fraction of sp³-hybridized carbons (Fsp3) is 0.438. The van der Waals surface area contributed by atoms with Crippen molar-refractivity contribution in [3.63, 3.8) is 0 Å². The molecule has 0 spiro atoms. The van der Waals surface area contributed by atoms with Crippen LogP contribution in [0.4, 0.5) is 0 Å². The fourth-order valence-corrected chi connectivity index (χ4v) is 1.73. The van der Waals surface area contributed by atoms with E-state index in [-0.39, 0.29) is 30.4 Å². The van der Waals surface area contributed by atoms with Gasteiger partial charge in [0, 0.05) is 31.5 Å². The van der Waals surface area contributed by atoms with Crippen LogP contribution in [-0.2, 0) is 9.59 Å². The van der Waals surface area contributed by atoms with E-state index in [0.29, 0.717) is 25.3 Å². The molecule has 0 aliphatic rings. The van der Waals surface area contributed by atoms with Crippen molar-refractivity contribution in [3.8, 4) is 5.75 Å². The highest BCUT2D eigenvalue weighted by Crippen LogP contribution is 2.11. The smallest absolute Gasteiger partial charge is 0.251 e. The van der Waals surface area contributed by atoms with Gasteiger partial charge in [-0.05, 0) is 38.1 Å². The van der Waals surface area contributed by atoms with Gasteiger partial charge in [0.2, 0.25) is 5.91 Å². The number of rotatable bonds is 9. The Morgan fingerprint density at radius 2 is 1.64 bits per heavy atom. The Bertz CT molecular complexity index is 511. The van der Waals surface area contributed by atoms with E-state index >= 15 is 0 Å². The highest BCUT2D eigenvalue weighted by atomic mass is 16.5. The average Bonchev–Trinajstić information content (AvgIpc) is 2.50. The maximum absolute atomic E-state index is 11.9. The van der Waals surface area contributed by atoms with Gasteiger partial charge in [-0.1, -0.05) is 0 Å². The number of nitrogens with one attached hydrogen (secondary N) is 2. The first-order valence-electron chi connectivity index (χ1n) is 7.30. The van der Waals surface area contributed by atoms with Gasteiger partial charge in [0.25, 0.3) is 5.91 Å². The highest BCUT2D eigenvalue weighted by Gasteiger charge is 2.06. The molecule has 1 rings (SSSR count). The van der Waals surface area contributed by atoms with Crippen LogP contribution in [0.5, 0.6) is 5.75 Å². The largest absolute Gasteiger partial charge is 0.494 e. The predicted molar refractivity (Wildman–Crippen MR) is 82.9 cm³/mol. The summed E-state index contributed by atoms with van der Waals surface area (Å²) in [7, 11) is 0. The first-order chi connectivity index (χ1) is 10.5. The third-order valence-corrected chi connectivity index (χ3v) is 2.86. The van der Waals surface area contributed by atoms with Crippen molar-refractivity contribution in [1.82, 2.24) is 10.6 Å². The second-order valence-electron chi connectivity index (χ2n) is 4.77. The third kappa shape index (κ3) is 6.88. The summed E-state index contributed by atoms with van der Waals surface area (Å²) < 4.78 is 5.30. The van der Waals surface area contributed by atoms with Crippen molar-refractivity contribution < 1.29 is 19.1 Å². The maximum Gasteiger partial charge on any atom is 0.251 e. The monoisotopic (exact) mass is 306 g/mol. The second-order valence-corrected chi connectivity index (χ2v) is 4.77. The number of carbonyl (C=O) groups excluding carboxylic acids is 3. The molecule has 2 amide bonds. The van der Waals surface area contributed by atoms with Gasteiger partial charge in [0.05, 0.1) is 6.61 Å². The SMILES string of the molecule is CCOc1ccc(C(=O)NCCNC(=O)CCC(C)=O)cc1. The standard InChI is InChI=1S/C16H22N2O4/c1-3-22-14-7-5-13(6-8-14)16(21)18-11-10-17-15(20)9-4-12(2)19/h5-8H,3-4,9-11H2,1-2H3,(H,17,20)(H,18,21). The molecular weight excluding hydrogens is 284 g/mol. The molecule has 1 aromatic carbocycles. The Labute approximate surface area is 130 Å². The van der Waals surface area contributed by atoms with Crippen molar-refractivity contribution in [1.29, 1.82) is 0 Å². The molecule has 0 aromatic heterocycles. The summed E-state index contributed by atoms with van der Waals surface area (Å²) in [6.07, 6.45) is 0.423. The summed E-state index contributed by atoms with van der Waals surface area (Å²) in [6, 6.07) is 6.85. The Morgan fingerprint density at radius 1 is 1.00 bits per heavy atom. The van der Waals surface area contributed by atoms with E-state index in [0.717, 1.165) is 5.75 Å². The van der Waals surface area contributed by atoms with Crippen LogP contribution in [0.2, 0.25) is 0 Å². The lowest BCUT2D eigenvalue weighted by molar-refractivity contribution is -0.124. The van der Waals surface area contributed by atoms with Crippen molar-refractivity contribution in [2.75, 3.05) is 19.7 Å². The van der Waals surface area contributed by atoms with Crippen LogP contribution in [0.25, 0.3) is 0 Å². The number of hydrogen-bond acceptors (Lipinski definition) is 4. The molecule has 6 nitrogen and oxygen atoms in total. The van der Waals surface area contributed by atoms with Gasteiger partial charge < -0.3 is 20.2 Å². The maximum atomic E-state index is 11.9. The van der Waals surface area contributed by atoms with Crippen molar-refractivity contribution >= 4 is 17.6 Å². The first-order valence-corrected chi connectivity index (χ1v) is 7.30. The van der Waals surface area contributed by atoms with Gasteiger partial charge in [-0.3, -0.25) is 9.59 Å². The van der Waals surface area contributed by atoms with Crippen molar-refractivity contribution in [2.45, 2.75) is 26.7 Å². The molecule has 0 fully saturated rings. The molecule has 0 aliphatic heterocycles. The summed E-state index contributed by atoms with van der Waals surface area (Å²) in [6.45, 7) is 4.59. The van der Waals surface area contributed by atoms with E-state index in [1.807, 2.05) is 6.92 Å². The van der Waals surface area contributed by atoms with Crippen molar-refractivity contribution in [2.24, 2.45) is 0 Å². The molecule has 0 heterocycles. The fourth-order valence-electron chi connectivity index (χ4n) is 1.73. The lowest BCUT2D eigenvalue weighted by atomic mass is 10.2. The van der Waals surface area contributed by atoms with E-state index in [1.54, 1.807) is 24.3 Å². The molecule has 2 N–H and O–H groups in total. The Hall–Kier alpha value is -2.37. The van der Waals surface area contributed by atoms with Gasteiger partial charge in [0.1, 0.15) is 11.5 Å². The minimum Gasteiger partial charge on any atom is -0.494 e. The second kappa shape index (κ2) is 9.55. The lowest BCUT2D eigenvalue weighted by Gasteiger charge is -2.08. The number of benzene rings is 1. The van der Waals surface area contributed by atoms with Gasteiger partial charge in [-0.15, -0.1) is 0 Å². The zero-order valence-electron chi connectivity index (χ0n) is 13.0. The Balaban J connectivity index is 2.25. The van der Waals surface area contributed by atoms with Crippen LogP contribution < -0.4 is 15.4 Å². The molecule has 0 unspecified atom stereocenters. The van der Waals surface area contributed by atoms with Crippen LogP contribution in [0.3, 0.4) is 0 Å². The molecule has 0 saturated carbocycles. The molecule has 120 valence electrons. The molecule has 0 radical (unpaired) electrons. The normalized spacial score (nSPS) is 9.91. The third-order valence-electron chi connectivity index (χ3n) is 2.86. The number of hydrogen-bond donors (Lipinski definition) is 2. The summed E-state index contributed by atoms with van der Waals surface area (Å²) in [5.41, 5.74) is 0.534. The van der Waals surface area contributed by atoms with Crippen LogP contribution >= 0.6 is 0 Å². The van der Waals surface area contributed by atoms with Gasteiger partial charge in [0.15, 0.2) is 0 Å². The zero-order chi connectivity index (χ0) is 16.4. The lowest BCUT2D eigenvalue weighted by Crippen LogP contribution is -2.34. The highest BCUT2D eigenvalue weighted by molar-refractivity contribution is 5.94. The molecular formula is C16H22N2O4. The summed E-state index contributed by atoms with van der Waals surface area (Å²) in [5, 5.41) is 5.35. The minimum atomic E-state index is -0.207. The van der Waals surface area contributed by atoms with Gasteiger partial charge >= 0.3 is 0 Å². The van der Waals surface area contributed by atoms with Gasteiger partial charge in [-0.25, -0.2) is 0 Å². The van der Waals surface area contributed by atoms with Crippen molar-refractivity contribution in [3.05, 3.63) is 29.8 Å². The molecule has 0 aliphatic carbocycles.